The second-order valence-electron chi connectivity index (χ2n) is 6.25. The van der Waals surface area contributed by atoms with Gasteiger partial charge in [-0.15, -0.1) is 0 Å². The Balaban J connectivity index is 3.00. The zero-order chi connectivity index (χ0) is 14.8. The minimum absolute atomic E-state index is 0.0817. The van der Waals surface area contributed by atoms with Crippen LogP contribution in [0.3, 0.4) is 0 Å². The Hall–Kier alpha value is -1.36. The highest BCUT2D eigenvalue weighted by atomic mass is 16.3. The van der Waals surface area contributed by atoms with Gasteiger partial charge in [0, 0.05) is 5.69 Å². The molecule has 1 aromatic heterocycles. The van der Waals surface area contributed by atoms with Crippen LogP contribution in [0.4, 0.5) is 0 Å². The summed E-state index contributed by atoms with van der Waals surface area (Å²) in [6.07, 6.45) is 2.26. The van der Waals surface area contributed by atoms with Gasteiger partial charge in [-0.05, 0) is 41.0 Å². The van der Waals surface area contributed by atoms with E-state index >= 15 is 0 Å². The Bertz CT molecular complexity index is 454. The van der Waals surface area contributed by atoms with Crippen molar-refractivity contribution in [2.75, 3.05) is 6.61 Å². The predicted octanol–water partition coefficient (Wildman–Crippen LogP) is 1.84. The fraction of sp³-hybridized carbons (Fsp3) is 0.714. The maximum atomic E-state index is 12.3. The van der Waals surface area contributed by atoms with Crippen LogP contribution < -0.4 is 5.32 Å². The van der Waals surface area contributed by atoms with Crippen molar-refractivity contribution in [1.29, 1.82) is 0 Å². The first-order valence-electron chi connectivity index (χ1n) is 6.63. The van der Waals surface area contributed by atoms with Crippen LogP contribution in [0.5, 0.6) is 0 Å². The predicted molar refractivity (Wildman–Crippen MR) is 75.2 cm³/mol. The van der Waals surface area contributed by atoms with Gasteiger partial charge in [0.1, 0.15) is 0 Å². The SMILES string of the molecule is CC[C@@](C)(CO)NC(=O)c1cnn(C(C)(C)C)c1C. The number of nitrogens with zero attached hydrogens (tertiary/aromatic N) is 2. The topological polar surface area (TPSA) is 67.2 Å². The van der Waals surface area contributed by atoms with Crippen LogP contribution in [0, 0.1) is 6.92 Å². The second-order valence-corrected chi connectivity index (χ2v) is 6.25. The number of aromatic nitrogens is 2. The summed E-state index contributed by atoms with van der Waals surface area (Å²) in [5, 5.41) is 16.5. The summed E-state index contributed by atoms with van der Waals surface area (Å²) in [5.41, 5.74) is 0.644. The van der Waals surface area contributed by atoms with Gasteiger partial charge in [-0.2, -0.15) is 5.10 Å². The summed E-state index contributed by atoms with van der Waals surface area (Å²) in [5.74, 6) is -0.189. The van der Waals surface area contributed by atoms with Gasteiger partial charge in [-0.1, -0.05) is 6.92 Å². The summed E-state index contributed by atoms with van der Waals surface area (Å²) < 4.78 is 1.84. The van der Waals surface area contributed by atoms with Crippen molar-refractivity contribution in [2.45, 2.75) is 59.0 Å². The van der Waals surface area contributed by atoms with Gasteiger partial charge in [0.15, 0.2) is 0 Å². The van der Waals surface area contributed by atoms with Crippen molar-refractivity contribution in [2.24, 2.45) is 0 Å². The molecule has 0 unspecified atom stereocenters. The molecule has 19 heavy (non-hydrogen) atoms. The van der Waals surface area contributed by atoms with E-state index in [1.807, 2.05) is 46.2 Å². The van der Waals surface area contributed by atoms with Gasteiger partial charge < -0.3 is 10.4 Å². The van der Waals surface area contributed by atoms with Crippen molar-refractivity contribution in [3.05, 3.63) is 17.5 Å². The van der Waals surface area contributed by atoms with E-state index < -0.39 is 5.54 Å². The molecule has 5 nitrogen and oxygen atoms in total. The van der Waals surface area contributed by atoms with Crippen molar-refractivity contribution < 1.29 is 9.90 Å². The van der Waals surface area contributed by atoms with Crippen LogP contribution in [0.15, 0.2) is 6.20 Å². The van der Waals surface area contributed by atoms with Crippen LogP contribution >= 0.6 is 0 Å². The summed E-state index contributed by atoms with van der Waals surface area (Å²) in [4.78, 5) is 12.3. The first-order valence-corrected chi connectivity index (χ1v) is 6.63. The third-order valence-electron chi connectivity index (χ3n) is 3.43. The number of hydrogen-bond donors (Lipinski definition) is 2. The lowest BCUT2D eigenvalue weighted by Gasteiger charge is -2.27. The van der Waals surface area contributed by atoms with Crippen LogP contribution in [-0.2, 0) is 5.54 Å². The number of nitrogens with one attached hydrogen (secondary N) is 1. The van der Waals surface area contributed by atoms with E-state index in [2.05, 4.69) is 10.4 Å². The van der Waals surface area contributed by atoms with Crippen LogP contribution in [0.1, 0.15) is 57.1 Å². The molecule has 0 radical (unpaired) electrons. The van der Waals surface area contributed by atoms with Gasteiger partial charge in [0.25, 0.3) is 5.91 Å². The third-order valence-corrected chi connectivity index (χ3v) is 3.43. The molecule has 0 aromatic carbocycles. The van der Waals surface area contributed by atoms with Gasteiger partial charge >= 0.3 is 0 Å². The quantitative estimate of drug-likeness (QED) is 0.874. The Morgan fingerprint density at radius 2 is 2.00 bits per heavy atom. The molecular weight excluding hydrogens is 242 g/mol. The number of aliphatic hydroxyl groups excluding tert-OH is 1. The maximum absolute atomic E-state index is 12.3. The molecule has 1 atom stereocenters. The van der Waals surface area contributed by atoms with E-state index in [0.29, 0.717) is 12.0 Å². The van der Waals surface area contributed by atoms with Gasteiger partial charge in [-0.25, -0.2) is 0 Å². The Morgan fingerprint density at radius 3 is 2.37 bits per heavy atom. The molecule has 0 fully saturated rings. The summed E-state index contributed by atoms with van der Waals surface area (Å²) in [6, 6.07) is 0. The first-order chi connectivity index (χ1) is 8.64. The number of rotatable bonds is 4. The summed E-state index contributed by atoms with van der Waals surface area (Å²) >= 11 is 0. The lowest BCUT2D eigenvalue weighted by atomic mass is 9.99. The number of hydrogen-bond acceptors (Lipinski definition) is 3. The highest BCUT2D eigenvalue weighted by Gasteiger charge is 2.27. The van der Waals surface area contributed by atoms with Crippen molar-refractivity contribution >= 4 is 5.91 Å². The highest BCUT2D eigenvalue weighted by molar-refractivity contribution is 5.95. The smallest absolute Gasteiger partial charge is 0.255 e. The van der Waals surface area contributed by atoms with E-state index in [1.54, 1.807) is 6.20 Å². The molecule has 0 bridgehead atoms. The molecule has 1 aromatic rings. The first kappa shape index (κ1) is 15.7. The number of carbonyl (C=O) groups is 1. The number of aliphatic hydroxyl groups is 1. The molecule has 1 amide bonds. The molecule has 0 saturated heterocycles. The molecule has 0 spiro atoms. The minimum Gasteiger partial charge on any atom is -0.394 e. The van der Waals surface area contributed by atoms with E-state index in [-0.39, 0.29) is 18.1 Å². The Labute approximate surface area is 115 Å². The van der Waals surface area contributed by atoms with E-state index in [1.165, 1.54) is 0 Å². The van der Waals surface area contributed by atoms with Gasteiger partial charge in [0.2, 0.25) is 0 Å². The molecule has 0 saturated carbocycles. The molecule has 5 heteroatoms. The molecule has 0 aliphatic rings. The zero-order valence-electron chi connectivity index (χ0n) is 12.7. The summed E-state index contributed by atoms with van der Waals surface area (Å²) in [6.45, 7) is 11.7. The molecule has 0 aliphatic carbocycles. The normalized spacial score (nSPS) is 15.1. The highest BCUT2D eigenvalue weighted by Crippen LogP contribution is 2.19. The lowest BCUT2D eigenvalue weighted by molar-refractivity contribution is 0.0846. The molecule has 0 aliphatic heterocycles. The van der Waals surface area contributed by atoms with Crippen LogP contribution in [0.25, 0.3) is 0 Å². The monoisotopic (exact) mass is 267 g/mol. The molecule has 108 valence electrons. The molecular formula is C14H25N3O2. The van der Waals surface area contributed by atoms with Crippen molar-refractivity contribution in [3.63, 3.8) is 0 Å². The minimum atomic E-state index is -0.590. The summed E-state index contributed by atoms with van der Waals surface area (Å²) in [7, 11) is 0. The van der Waals surface area contributed by atoms with Gasteiger partial charge in [-0.3, -0.25) is 9.48 Å². The third kappa shape index (κ3) is 3.35. The zero-order valence-corrected chi connectivity index (χ0v) is 12.7. The fourth-order valence-corrected chi connectivity index (χ4v) is 1.89. The Kier molecular flexibility index (Phi) is 4.40. The van der Waals surface area contributed by atoms with Crippen molar-refractivity contribution in [1.82, 2.24) is 15.1 Å². The van der Waals surface area contributed by atoms with E-state index in [9.17, 15) is 9.90 Å². The average molecular weight is 267 g/mol. The second kappa shape index (κ2) is 5.33. The van der Waals surface area contributed by atoms with Crippen LogP contribution in [0.2, 0.25) is 0 Å². The van der Waals surface area contributed by atoms with E-state index in [0.717, 1.165) is 5.69 Å². The Morgan fingerprint density at radius 1 is 1.42 bits per heavy atom. The molecule has 1 heterocycles. The number of amides is 1. The largest absolute Gasteiger partial charge is 0.394 e. The average Bonchev–Trinajstić information content (AvgIpc) is 2.70. The van der Waals surface area contributed by atoms with E-state index in [4.69, 9.17) is 0 Å². The maximum Gasteiger partial charge on any atom is 0.255 e. The standard InChI is InChI=1S/C14H25N3O2/c1-7-14(6,9-18)16-12(19)11-8-15-17(10(11)2)13(3,4)5/h8,18H,7,9H2,1-6H3,(H,16,19)/t14-/m0/s1. The molecule has 2 N–H and O–H groups in total. The van der Waals surface area contributed by atoms with Crippen LogP contribution in [-0.4, -0.2) is 32.9 Å². The fourth-order valence-electron chi connectivity index (χ4n) is 1.89. The van der Waals surface area contributed by atoms with Crippen molar-refractivity contribution in [3.8, 4) is 0 Å². The van der Waals surface area contributed by atoms with Gasteiger partial charge in [0.05, 0.1) is 29.4 Å². The lowest BCUT2D eigenvalue weighted by Crippen LogP contribution is -2.48. The molecule has 1 rings (SSSR count). The number of carbonyl (C=O) groups excluding carboxylic acids is 1.